The topological polar surface area (TPSA) is 41.0 Å². The van der Waals surface area contributed by atoms with Crippen molar-refractivity contribution in [3.63, 3.8) is 0 Å². The van der Waals surface area contributed by atoms with Gasteiger partial charge in [0.1, 0.15) is 0 Å². The molecule has 0 amide bonds. The van der Waals surface area contributed by atoms with Gasteiger partial charge in [0.2, 0.25) is 0 Å². The molecular formula is C15H24N4. The minimum absolute atomic E-state index is 0.486. The van der Waals surface area contributed by atoms with E-state index in [1.165, 1.54) is 32.4 Å². The number of nitrogens with zero attached hydrogens (tertiary/aromatic N) is 3. The fraction of sp³-hybridized carbons (Fsp3) is 0.733. The van der Waals surface area contributed by atoms with Gasteiger partial charge in [-0.1, -0.05) is 20.3 Å². The van der Waals surface area contributed by atoms with Gasteiger partial charge in [-0.2, -0.15) is 5.10 Å². The second-order valence-corrected chi connectivity index (χ2v) is 6.27. The Balaban J connectivity index is 1.60. The van der Waals surface area contributed by atoms with Crippen LogP contribution < -0.4 is 10.2 Å². The molecule has 1 saturated carbocycles. The maximum Gasteiger partial charge on any atom is 0.151 e. The second-order valence-electron chi connectivity index (χ2n) is 6.27. The van der Waals surface area contributed by atoms with Crippen LogP contribution in [0, 0.1) is 11.8 Å². The summed E-state index contributed by atoms with van der Waals surface area (Å²) >= 11 is 0. The Morgan fingerprint density at radius 2 is 1.95 bits per heavy atom. The van der Waals surface area contributed by atoms with E-state index in [2.05, 4.69) is 46.4 Å². The summed E-state index contributed by atoms with van der Waals surface area (Å²) in [6, 6.07) is 4.72. The molecule has 1 aliphatic carbocycles. The highest BCUT2D eigenvalue weighted by atomic mass is 15.3. The van der Waals surface area contributed by atoms with E-state index in [-0.39, 0.29) is 0 Å². The standard InChI is InChI=1S/C15H24N4/c1-11(2)16-8-14-6-7-15(18-17-14)19-9-12-4-3-5-13(12)10-19/h6-7,11-13,16H,3-5,8-10H2,1-2H3. The maximum absolute atomic E-state index is 4.40. The molecule has 2 heterocycles. The third kappa shape index (κ3) is 2.89. The van der Waals surface area contributed by atoms with Crippen LogP contribution in [0.3, 0.4) is 0 Å². The van der Waals surface area contributed by atoms with Gasteiger partial charge >= 0.3 is 0 Å². The van der Waals surface area contributed by atoms with Crippen LogP contribution in [0.25, 0.3) is 0 Å². The summed E-state index contributed by atoms with van der Waals surface area (Å²) in [5.74, 6) is 2.87. The van der Waals surface area contributed by atoms with Gasteiger partial charge in [0.25, 0.3) is 0 Å². The van der Waals surface area contributed by atoms with Gasteiger partial charge in [-0.15, -0.1) is 5.10 Å². The highest BCUT2D eigenvalue weighted by molar-refractivity contribution is 5.39. The zero-order chi connectivity index (χ0) is 13.2. The molecule has 4 heteroatoms. The second kappa shape index (κ2) is 5.45. The van der Waals surface area contributed by atoms with Gasteiger partial charge in [-0.25, -0.2) is 0 Å². The van der Waals surface area contributed by atoms with E-state index < -0.39 is 0 Å². The Labute approximate surface area is 115 Å². The predicted octanol–water partition coefficient (Wildman–Crippen LogP) is 2.21. The fourth-order valence-electron chi connectivity index (χ4n) is 3.35. The summed E-state index contributed by atoms with van der Waals surface area (Å²) < 4.78 is 0. The Morgan fingerprint density at radius 1 is 1.21 bits per heavy atom. The molecule has 2 atom stereocenters. The summed E-state index contributed by atoms with van der Waals surface area (Å²) in [6.45, 7) is 7.46. The molecule has 1 aromatic heterocycles. The van der Waals surface area contributed by atoms with Crippen molar-refractivity contribution in [2.45, 2.75) is 45.7 Å². The van der Waals surface area contributed by atoms with E-state index in [9.17, 15) is 0 Å². The lowest BCUT2D eigenvalue weighted by Gasteiger charge is -2.17. The van der Waals surface area contributed by atoms with Crippen molar-refractivity contribution < 1.29 is 0 Å². The van der Waals surface area contributed by atoms with E-state index in [0.717, 1.165) is 29.9 Å². The van der Waals surface area contributed by atoms with E-state index in [0.29, 0.717) is 6.04 Å². The van der Waals surface area contributed by atoms with Gasteiger partial charge in [0, 0.05) is 25.7 Å². The molecule has 2 unspecified atom stereocenters. The zero-order valence-electron chi connectivity index (χ0n) is 12.0. The molecule has 1 saturated heterocycles. The molecule has 2 fully saturated rings. The van der Waals surface area contributed by atoms with Crippen molar-refractivity contribution in [3.05, 3.63) is 17.8 Å². The van der Waals surface area contributed by atoms with Gasteiger partial charge < -0.3 is 10.2 Å². The van der Waals surface area contributed by atoms with Gasteiger partial charge in [0.15, 0.2) is 5.82 Å². The Morgan fingerprint density at radius 3 is 2.53 bits per heavy atom. The van der Waals surface area contributed by atoms with E-state index in [1.54, 1.807) is 0 Å². The van der Waals surface area contributed by atoms with Crippen LogP contribution in [0.2, 0.25) is 0 Å². The Bertz CT molecular complexity index is 403. The van der Waals surface area contributed by atoms with Crippen LogP contribution in [0.4, 0.5) is 5.82 Å². The van der Waals surface area contributed by atoms with Crippen LogP contribution in [-0.4, -0.2) is 29.3 Å². The molecule has 4 nitrogen and oxygen atoms in total. The molecule has 3 rings (SSSR count). The number of fused-ring (bicyclic) bond motifs is 1. The predicted molar refractivity (Wildman–Crippen MR) is 77.1 cm³/mol. The summed E-state index contributed by atoms with van der Waals surface area (Å²) in [6.07, 6.45) is 4.24. The average Bonchev–Trinajstić information content (AvgIpc) is 2.97. The van der Waals surface area contributed by atoms with Crippen molar-refractivity contribution in [2.24, 2.45) is 11.8 Å². The van der Waals surface area contributed by atoms with E-state index in [4.69, 9.17) is 0 Å². The van der Waals surface area contributed by atoms with Crippen LogP contribution in [0.1, 0.15) is 38.8 Å². The van der Waals surface area contributed by atoms with Crippen molar-refractivity contribution in [2.75, 3.05) is 18.0 Å². The molecule has 0 spiro atoms. The SMILES string of the molecule is CC(C)NCc1ccc(N2CC3CCCC3C2)nn1. The van der Waals surface area contributed by atoms with Crippen molar-refractivity contribution in [3.8, 4) is 0 Å². The van der Waals surface area contributed by atoms with Gasteiger partial charge in [0.05, 0.1) is 5.69 Å². The highest BCUT2D eigenvalue weighted by Crippen LogP contribution is 2.38. The summed E-state index contributed by atoms with van der Waals surface area (Å²) in [5, 5.41) is 12.1. The first kappa shape index (κ1) is 12.9. The summed E-state index contributed by atoms with van der Waals surface area (Å²) in [5.41, 5.74) is 1.02. The first-order valence-corrected chi connectivity index (χ1v) is 7.53. The molecule has 1 aliphatic heterocycles. The lowest BCUT2D eigenvalue weighted by Crippen LogP contribution is -2.24. The smallest absolute Gasteiger partial charge is 0.151 e. The molecule has 0 aromatic carbocycles. The highest BCUT2D eigenvalue weighted by Gasteiger charge is 2.36. The minimum Gasteiger partial charge on any atom is -0.355 e. The Kier molecular flexibility index (Phi) is 3.69. The van der Waals surface area contributed by atoms with Crippen LogP contribution in [0.5, 0.6) is 0 Å². The minimum atomic E-state index is 0.486. The van der Waals surface area contributed by atoms with Crippen molar-refractivity contribution in [1.29, 1.82) is 0 Å². The normalized spacial score (nSPS) is 26.2. The number of hydrogen-bond donors (Lipinski definition) is 1. The van der Waals surface area contributed by atoms with Gasteiger partial charge in [-0.3, -0.25) is 0 Å². The van der Waals surface area contributed by atoms with E-state index >= 15 is 0 Å². The number of anilines is 1. The molecule has 0 radical (unpaired) electrons. The zero-order valence-corrected chi connectivity index (χ0v) is 12.0. The molecular weight excluding hydrogens is 236 g/mol. The quantitative estimate of drug-likeness (QED) is 0.901. The largest absolute Gasteiger partial charge is 0.355 e. The average molecular weight is 260 g/mol. The van der Waals surface area contributed by atoms with Crippen LogP contribution >= 0.6 is 0 Å². The monoisotopic (exact) mass is 260 g/mol. The Hall–Kier alpha value is -1.16. The fourth-order valence-corrected chi connectivity index (χ4v) is 3.35. The number of aromatic nitrogens is 2. The van der Waals surface area contributed by atoms with E-state index in [1.807, 2.05) is 0 Å². The number of rotatable bonds is 4. The molecule has 2 aliphatic rings. The lowest BCUT2D eigenvalue weighted by molar-refractivity contribution is 0.494. The summed E-state index contributed by atoms with van der Waals surface area (Å²) in [4.78, 5) is 2.42. The third-order valence-corrected chi connectivity index (χ3v) is 4.45. The van der Waals surface area contributed by atoms with Crippen LogP contribution in [0.15, 0.2) is 12.1 Å². The lowest BCUT2D eigenvalue weighted by atomic mass is 10.0. The molecule has 0 bridgehead atoms. The van der Waals surface area contributed by atoms with Crippen molar-refractivity contribution >= 4 is 5.82 Å². The molecule has 19 heavy (non-hydrogen) atoms. The molecule has 104 valence electrons. The molecule has 1 N–H and O–H groups in total. The third-order valence-electron chi connectivity index (χ3n) is 4.45. The first-order chi connectivity index (χ1) is 9.22. The number of nitrogens with one attached hydrogen (secondary N) is 1. The summed E-state index contributed by atoms with van der Waals surface area (Å²) in [7, 11) is 0. The number of hydrogen-bond acceptors (Lipinski definition) is 4. The first-order valence-electron chi connectivity index (χ1n) is 7.53. The van der Waals surface area contributed by atoms with Crippen molar-refractivity contribution in [1.82, 2.24) is 15.5 Å². The maximum atomic E-state index is 4.40. The van der Waals surface area contributed by atoms with Gasteiger partial charge in [-0.05, 0) is 36.8 Å². The molecule has 1 aromatic rings. The van der Waals surface area contributed by atoms with Crippen LogP contribution in [-0.2, 0) is 6.54 Å².